The van der Waals surface area contributed by atoms with E-state index in [0.717, 1.165) is 59.7 Å². The number of hydrogen-bond donors (Lipinski definition) is 1. The van der Waals surface area contributed by atoms with Crippen molar-refractivity contribution in [2.45, 2.75) is 91.5 Å². The van der Waals surface area contributed by atoms with Crippen LogP contribution in [0.1, 0.15) is 76.3 Å². The molecule has 2 atom stereocenters. The highest BCUT2D eigenvalue weighted by atomic mass is 35.5. The molecule has 1 fully saturated rings. The molecule has 2 aliphatic heterocycles. The summed E-state index contributed by atoms with van der Waals surface area (Å²) in [5.74, 6) is -1.09. The summed E-state index contributed by atoms with van der Waals surface area (Å²) in [6.45, 7) is 16.4. The molecular weight excluding hydrogens is 538 g/mol. The van der Waals surface area contributed by atoms with Gasteiger partial charge in [-0.3, -0.25) is 9.98 Å². The first-order chi connectivity index (χ1) is 19.2. The van der Waals surface area contributed by atoms with Crippen LogP contribution in [0.25, 0.3) is 5.70 Å². The maximum absolute atomic E-state index is 12.6. The second kappa shape index (κ2) is 12.2. The van der Waals surface area contributed by atoms with Gasteiger partial charge in [-0.2, -0.15) is 0 Å². The zero-order chi connectivity index (χ0) is 30.0. The number of pyridine rings is 1. The average molecular weight is 582 g/mol. The summed E-state index contributed by atoms with van der Waals surface area (Å²) in [4.78, 5) is 24.4. The molecule has 222 valence electrons. The maximum Gasteiger partial charge on any atom is 0.336 e. The number of piperidine rings is 1. The second-order valence-electron chi connectivity index (χ2n) is 13.1. The Morgan fingerprint density at radius 2 is 1.90 bits per heavy atom. The summed E-state index contributed by atoms with van der Waals surface area (Å²) in [5.41, 5.74) is 4.16. The molecule has 4 rings (SSSR count). The second-order valence-corrected chi connectivity index (χ2v) is 13.5. The lowest BCUT2D eigenvalue weighted by Gasteiger charge is -2.40. The van der Waals surface area contributed by atoms with Gasteiger partial charge in [0.1, 0.15) is 5.60 Å². The number of rotatable bonds is 9. The molecule has 3 heterocycles. The molecule has 2 unspecified atom stereocenters. The van der Waals surface area contributed by atoms with Crippen molar-refractivity contribution in [1.29, 1.82) is 0 Å². The Hall–Kier alpha value is -2.74. The minimum atomic E-state index is -1.29. The molecule has 41 heavy (non-hydrogen) atoms. The van der Waals surface area contributed by atoms with Gasteiger partial charge in [-0.1, -0.05) is 43.7 Å². The molecule has 1 saturated heterocycles. The monoisotopic (exact) mass is 581 g/mol. The van der Waals surface area contributed by atoms with E-state index in [-0.39, 0.29) is 6.61 Å². The van der Waals surface area contributed by atoms with Gasteiger partial charge in [-0.05, 0) is 82.6 Å². The van der Waals surface area contributed by atoms with Crippen molar-refractivity contribution in [3.8, 4) is 0 Å². The Bertz CT molecular complexity index is 1300. The summed E-state index contributed by atoms with van der Waals surface area (Å²) < 4.78 is 12.5. The minimum Gasteiger partial charge on any atom is -0.479 e. The average Bonchev–Trinajstić information content (AvgIpc) is 2.89. The van der Waals surface area contributed by atoms with Crippen LogP contribution in [-0.2, 0) is 20.7 Å². The largest absolute Gasteiger partial charge is 0.479 e. The summed E-state index contributed by atoms with van der Waals surface area (Å²) in [7, 11) is 0. The summed E-state index contributed by atoms with van der Waals surface area (Å²) in [6, 6.07) is 7.90. The van der Waals surface area contributed by atoms with Crippen LogP contribution in [0.15, 0.2) is 41.5 Å². The van der Waals surface area contributed by atoms with Crippen LogP contribution >= 0.6 is 11.6 Å². The van der Waals surface area contributed by atoms with E-state index in [9.17, 15) is 9.90 Å². The van der Waals surface area contributed by atoms with E-state index >= 15 is 0 Å². The number of aliphatic carboxylic acids is 1. The molecule has 0 amide bonds. The van der Waals surface area contributed by atoms with E-state index in [1.165, 1.54) is 0 Å². The van der Waals surface area contributed by atoms with Gasteiger partial charge < -0.3 is 19.5 Å². The van der Waals surface area contributed by atoms with Gasteiger partial charge in [0.15, 0.2) is 6.10 Å². The van der Waals surface area contributed by atoms with Crippen LogP contribution in [0.5, 0.6) is 0 Å². The van der Waals surface area contributed by atoms with Crippen LogP contribution < -0.4 is 4.90 Å². The summed E-state index contributed by atoms with van der Waals surface area (Å²) >= 11 is 6.46. The van der Waals surface area contributed by atoms with Gasteiger partial charge in [0.25, 0.3) is 0 Å². The van der Waals surface area contributed by atoms with Crippen LogP contribution in [0.4, 0.5) is 5.69 Å². The number of aromatic nitrogens is 1. The fraction of sp³-hybridized carbons (Fsp3) is 0.545. The van der Waals surface area contributed by atoms with Crippen molar-refractivity contribution in [1.82, 2.24) is 4.98 Å². The van der Waals surface area contributed by atoms with Crippen LogP contribution in [0.3, 0.4) is 0 Å². The van der Waals surface area contributed by atoms with Gasteiger partial charge in [-0.25, -0.2) is 4.79 Å². The van der Waals surface area contributed by atoms with Gasteiger partial charge >= 0.3 is 5.97 Å². The number of ether oxygens (including phenoxy) is 2. The standard InChI is InChI=1S/C33H44ClN3O4/c1-22-9-8-10-26(34)24(22)12-18-40-33(29(30(38)39)41-31(3,4)5)13-11-27(36-21-33)25-20-35-23(2)19-28(25)37-16-14-32(6,7)15-17-37/h8-11,19-21,29H,12-18H2,1-7H3,(H,38,39). The quantitative estimate of drug-likeness (QED) is 0.341. The molecule has 1 aromatic carbocycles. The van der Waals surface area contributed by atoms with Crippen molar-refractivity contribution < 1.29 is 19.4 Å². The molecule has 0 spiro atoms. The topological polar surface area (TPSA) is 84.2 Å². The molecule has 2 aliphatic rings. The smallest absolute Gasteiger partial charge is 0.336 e. The number of halogens is 1. The van der Waals surface area contributed by atoms with Crippen LogP contribution in [0.2, 0.25) is 5.02 Å². The Morgan fingerprint density at radius 3 is 2.49 bits per heavy atom. The predicted molar refractivity (Wildman–Crippen MR) is 166 cm³/mol. The highest BCUT2D eigenvalue weighted by Gasteiger charge is 2.47. The van der Waals surface area contributed by atoms with Crippen LogP contribution in [0, 0.1) is 19.3 Å². The molecule has 0 bridgehead atoms. The first kappa shape index (κ1) is 31.2. The minimum absolute atomic E-state index is 0.262. The molecule has 8 heteroatoms. The normalized spacial score (nSPS) is 21.5. The third kappa shape index (κ3) is 7.56. The van der Waals surface area contributed by atoms with Crippen molar-refractivity contribution in [2.24, 2.45) is 10.4 Å². The zero-order valence-electron chi connectivity index (χ0n) is 25.5. The fourth-order valence-electron chi connectivity index (χ4n) is 5.46. The van der Waals surface area contributed by atoms with Gasteiger partial charge in [0.05, 0.1) is 17.9 Å². The number of hydrogen-bond acceptors (Lipinski definition) is 6. The number of anilines is 1. The molecule has 2 aromatic rings. The molecular formula is C33H44ClN3O4. The number of aliphatic imine (C=N–C) groups is 1. The third-order valence-corrected chi connectivity index (χ3v) is 8.36. The molecule has 0 saturated carbocycles. The van der Waals surface area contributed by atoms with Gasteiger partial charge in [-0.15, -0.1) is 0 Å². The predicted octanol–water partition coefficient (Wildman–Crippen LogP) is 7.06. The molecule has 1 N–H and O–H groups in total. The van der Waals surface area contributed by atoms with Gasteiger partial charge in [0, 0.05) is 53.9 Å². The summed E-state index contributed by atoms with van der Waals surface area (Å²) in [5, 5.41) is 11.0. The number of carboxylic acids is 1. The SMILES string of the molecule is Cc1cc(N2CCC(C)(C)CC2)c(C2=CCC(OCCc3c(C)cccc3Cl)(C(OC(C)(C)C)C(=O)O)C=N2)cn1. The first-order valence-corrected chi connectivity index (χ1v) is 14.8. The lowest BCUT2D eigenvalue weighted by molar-refractivity contribution is -0.186. The van der Waals surface area contributed by atoms with Crippen LogP contribution in [-0.4, -0.2) is 59.3 Å². The molecule has 0 aliphatic carbocycles. The van der Waals surface area contributed by atoms with Crippen molar-refractivity contribution in [3.63, 3.8) is 0 Å². The first-order valence-electron chi connectivity index (χ1n) is 14.5. The zero-order valence-corrected chi connectivity index (χ0v) is 26.2. The Morgan fingerprint density at radius 1 is 1.20 bits per heavy atom. The number of nitrogens with zero attached hydrogens (tertiary/aromatic N) is 3. The number of benzene rings is 1. The number of carbonyl (C=O) groups is 1. The van der Waals surface area contributed by atoms with Gasteiger partial charge in [0.2, 0.25) is 0 Å². The fourth-order valence-corrected chi connectivity index (χ4v) is 5.78. The van der Waals surface area contributed by atoms with E-state index in [1.807, 2.05) is 65.1 Å². The number of carboxylic acid groups (broad SMARTS) is 1. The molecule has 7 nitrogen and oxygen atoms in total. The van der Waals surface area contributed by atoms with Crippen molar-refractivity contribution in [3.05, 3.63) is 63.9 Å². The Labute approximate surface area is 249 Å². The highest BCUT2D eigenvalue weighted by Crippen LogP contribution is 2.38. The van der Waals surface area contributed by atoms with E-state index in [2.05, 4.69) is 29.8 Å². The maximum atomic E-state index is 12.6. The third-order valence-electron chi connectivity index (χ3n) is 8.00. The Balaban J connectivity index is 1.64. The van der Waals surface area contributed by atoms with E-state index in [1.54, 1.807) is 6.21 Å². The lowest BCUT2D eigenvalue weighted by Crippen LogP contribution is -2.55. The van der Waals surface area contributed by atoms with E-state index < -0.39 is 23.3 Å². The van der Waals surface area contributed by atoms with E-state index in [4.69, 9.17) is 26.1 Å². The highest BCUT2D eigenvalue weighted by molar-refractivity contribution is 6.31. The van der Waals surface area contributed by atoms with Crippen molar-refractivity contribution in [2.75, 3.05) is 24.6 Å². The molecule has 1 aromatic heterocycles. The lowest BCUT2D eigenvalue weighted by atomic mass is 9.82. The molecule has 0 radical (unpaired) electrons. The van der Waals surface area contributed by atoms with E-state index in [0.29, 0.717) is 23.3 Å². The van der Waals surface area contributed by atoms with Crippen molar-refractivity contribution >= 4 is 35.2 Å². The Kier molecular flexibility index (Phi) is 9.32. The number of aryl methyl sites for hydroxylation is 2. The summed E-state index contributed by atoms with van der Waals surface area (Å²) in [6.07, 6.45) is 7.28.